The third kappa shape index (κ3) is 2.68. The van der Waals surface area contributed by atoms with Crippen LogP contribution in [0.15, 0.2) is 54.6 Å². The van der Waals surface area contributed by atoms with E-state index in [1.807, 2.05) is 18.2 Å². The van der Waals surface area contributed by atoms with Crippen molar-refractivity contribution in [3.05, 3.63) is 71.3 Å². The highest BCUT2D eigenvalue weighted by atomic mass is 19.4. The number of methoxy groups -OCH3 is 1. The minimum Gasteiger partial charge on any atom is -0.497 e. The summed E-state index contributed by atoms with van der Waals surface area (Å²) in [5.41, 5.74) is 1.71. The van der Waals surface area contributed by atoms with Gasteiger partial charge in [0, 0.05) is 11.6 Å². The molecule has 0 unspecified atom stereocenters. The molecule has 0 fully saturated rings. The molecule has 2 aromatic rings. The lowest BCUT2D eigenvalue weighted by Crippen LogP contribution is -2.30. The van der Waals surface area contributed by atoms with Crippen molar-refractivity contribution in [1.82, 2.24) is 0 Å². The minimum atomic E-state index is -4.36. The van der Waals surface area contributed by atoms with E-state index in [-0.39, 0.29) is 17.9 Å². The van der Waals surface area contributed by atoms with Crippen LogP contribution in [0.3, 0.4) is 0 Å². The van der Waals surface area contributed by atoms with Gasteiger partial charge in [-0.1, -0.05) is 30.4 Å². The van der Waals surface area contributed by atoms with Gasteiger partial charge in [0.05, 0.1) is 18.7 Å². The fourth-order valence-corrected chi connectivity index (χ4v) is 4.03. The summed E-state index contributed by atoms with van der Waals surface area (Å²) in [5, 5.41) is 3.35. The third-order valence-electron chi connectivity index (χ3n) is 5.17. The lowest BCUT2D eigenvalue weighted by Gasteiger charge is -2.38. The number of ether oxygens (including phenoxy) is 1. The van der Waals surface area contributed by atoms with Crippen LogP contribution in [-0.4, -0.2) is 7.11 Å². The molecule has 130 valence electrons. The van der Waals surface area contributed by atoms with E-state index in [1.165, 1.54) is 6.07 Å². The summed E-state index contributed by atoms with van der Waals surface area (Å²) in [6, 6.07) is 11.2. The monoisotopic (exact) mass is 345 g/mol. The highest BCUT2D eigenvalue weighted by Gasteiger charge is 2.42. The molecule has 25 heavy (non-hydrogen) atoms. The molecule has 0 radical (unpaired) electrons. The van der Waals surface area contributed by atoms with Gasteiger partial charge in [-0.2, -0.15) is 13.2 Å². The fourth-order valence-electron chi connectivity index (χ4n) is 4.03. The molecule has 4 rings (SSSR count). The van der Waals surface area contributed by atoms with Crippen molar-refractivity contribution in [3.63, 3.8) is 0 Å². The van der Waals surface area contributed by atoms with Crippen molar-refractivity contribution in [1.29, 1.82) is 0 Å². The van der Waals surface area contributed by atoms with Crippen LogP contribution in [0.25, 0.3) is 0 Å². The van der Waals surface area contributed by atoms with Gasteiger partial charge < -0.3 is 10.1 Å². The van der Waals surface area contributed by atoms with Crippen LogP contribution in [0.4, 0.5) is 18.9 Å². The van der Waals surface area contributed by atoms with Crippen LogP contribution in [0.2, 0.25) is 0 Å². The first-order valence-corrected chi connectivity index (χ1v) is 8.26. The Labute approximate surface area is 144 Å². The summed E-state index contributed by atoms with van der Waals surface area (Å²) >= 11 is 0. The van der Waals surface area contributed by atoms with Crippen LogP contribution in [0.5, 0.6) is 5.75 Å². The third-order valence-corrected chi connectivity index (χ3v) is 5.17. The predicted molar refractivity (Wildman–Crippen MR) is 90.8 cm³/mol. The summed E-state index contributed by atoms with van der Waals surface area (Å²) in [6.45, 7) is 0. The molecule has 3 atom stereocenters. The molecule has 1 aliphatic heterocycles. The van der Waals surface area contributed by atoms with Gasteiger partial charge >= 0.3 is 6.18 Å². The number of allylic oxidation sites excluding steroid dienone is 2. The van der Waals surface area contributed by atoms with Crippen LogP contribution in [-0.2, 0) is 6.18 Å². The van der Waals surface area contributed by atoms with Crippen molar-refractivity contribution in [2.24, 2.45) is 5.92 Å². The number of alkyl halides is 3. The average molecular weight is 345 g/mol. The zero-order valence-corrected chi connectivity index (χ0v) is 13.7. The van der Waals surface area contributed by atoms with Gasteiger partial charge in [0.2, 0.25) is 0 Å². The maximum Gasteiger partial charge on any atom is 0.416 e. The Bertz CT molecular complexity index is 828. The lowest BCUT2D eigenvalue weighted by atomic mass is 9.76. The average Bonchev–Trinajstić information content (AvgIpc) is 3.10. The van der Waals surface area contributed by atoms with Crippen LogP contribution < -0.4 is 10.1 Å². The second-order valence-corrected chi connectivity index (χ2v) is 6.51. The molecule has 2 aromatic carbocycles. The van der Waals surface area contributed by atoms with E-state index >= 15 is 0 Å². The molecule has 1 aliphatic carbocycles. The second kappa shape index (κ2) is 5.83. The molecule has 0 aromatic heterocycles. The molecule has 0 spiro atoms. The molecule has 0 saturated carbocycles. The normalized spacial score (nSPS) is 24.4. The standard InChI is InChI=1S/C20H18F3NO/c1-25-12-9-10-18-16(11-12)13-6-4-7-14(13)19(24-18)15-5-2-3-8-17(15)20(21,22)23/h2-6,8-11,13-14,19,24H,7H2,1H3/t13-,14-,19+/m1/s1. The Morgan fingerprint density at radius 3 is 2.64 bits per heavy atom. The summed E-state index contributed by atoms with van der Waals surface area (Å²) in [6.07, 6.45) is 0.562. The summed E-state index contributed by atoms with van der Waals surface area (Å²) in [7, 11) is 1.61. The SMILES string of the molecule is COc1ccc2c(c1)[C@@H]1C=CC[C@H]1[C@@H](c1ccccc1C(F)(F)F)N2. The number of benzene rings is 2. The van der Waals surface area contributed by atoms with Gasteiger partial charge in [0.1, 0.15) is 5.75 Å². The van der Waals surface area contributed by atoms with E-state index in [4.69, 9.17) is 4.74 Å². The van der Waals surface area contributed by atoms with Gasteiger partial charge in [0.15, 0.2) is 0 Å². The molecular weight excluding hydrogens is 327 g/mol. The number of hydrogen-bond acceptors (Lipinski definition) is 2. The Hall–Kier alpha value is -2.43. The van der Waals surface area contributed by atoms with Gasteiger partial charge in [0.25, 0.3) is 0 Å². The number of halogens is 3. The van der Waals surface area contributed by atoms with E-state index in [2.05, 4.69) is 17.5 Å². The van der Waals surface area contributed by atoms with E-state index in [0.717, 1.165) is 29.5 Å². The van der Waals surface area contributed by atoms with Gasteiger partial charge in [-0.05, 0) is 47.7 Å². The summed E-state index contributed by atoms with van der Waals surface area (Å²) < 4.78 is 45.7. The predicted octanol–water partition coefficient (Wildman–Crippen LogP) is 5.54. The largest absolute Gasteiger partial charge is 0.497 e. The molecular formula is C20H18F3NO. The number of rotatable bonds is 2. The Morgan fingerprint density at radius 1 is 1.08 bits per heavy atom. The van der Waals surface area contributed by atoms with Crippen molar-refractivity contribution < 1.29 is 17.9 Å². The first-order valence-electron chi connectivity index (χ1n) is 8.26. The zero-order chi connectivity index (χ0) is 17.6. The highest BCUT2D eigenvalue weighted by Crippen LogP contribution is 2.52. The van der Waals surface area contributed by atoms with Crippen molar-refractivity contribution in [2.45, 2.75) is 24.6 Å². The molecule has 0 saturated heterocycles. The van der Waals surface area contributed by atoms with Gasteiger partial charge in [-0.15, -0.1) is 0 Å². The summed E-state index contributed by atoms with van der Waals surface area (Å²) in [4.78, 5) is 0. The topological polar surface area (TPSA) is 21.3 Å². The number of hydrogen-bond donors (Lipinski definition) is 1. The quantitative estimate of drug-likeness (QED) is 0.722. The van der Waals surface area contributed by atoms with Crippen molar-refractivity contribution in [3.8, 4) is 5.75 Å². The van der Waals surface area contributed by atoms with Gasteiger partial charge in [-0.25, -0.2) is 0 Å². The Morgan fingerprint density at radius 2 is 1.88 bits per heavy atom. The molecule has 2 aliphatic rings. The van der Waals surface area contributed by atoms with E-state index in [0.29, 0.717) is 5.56 Å². The number of fused-ring (bicyclic) bond motifs is 3. The van der Waals surface area contributed by atoms with Crippen LogP contribution in [0.1, 0.15) is 35.1 Å². The van der Waals surface area contributed by atoms with E-state index in [1.54, 1.807) is 19.2 Å². The van der Waals surface area contributed by atoms with Crippen molar-refractivity contribution >= 4 is 5.69 Å². The zero-order valence-electron chi connectivity index (χ0n) is 13.7. The molecule has 1 N–H and O–H groups in total. The summed E-state index contributed by atoms with van der Waals surface area (Å²) in [5.74, 6) is 0.912. The Kier molecular flexibility index (Phi) is 3.74. The minimum absolute atomic E-state index is 0.0584. The van der Waals surface area contributed by atoms with E-state index < -0.39 is 11.7 Å². The number of anilines is 1. The van der Waals surface area contributed by atoms with E-state index in [9.17, 15) is 13.2 Å². The smallest absolute Gasteiger partial charge is 0.416 e. The fraction of sp³-hybridized carbons (Fsp3) is 0.300. The maximum absolute atomic E-state index is 13.5. The highest BCUT2D eigenvalue weighted by molar-refractivity contribution is 5.62. The molecule has 0 amide bonds. The van der Waals surface area contributed by atoms with Gasteiger partial charge in [-0.3, -0.25) is 0 Å². The first kappa shape index (κ1) is 16.1. The Balaban J connectivity index is 1.81. The van der Waals surface area contributed by atoms with Crippen LogP contribution >= 0.6 is 0 Å². The molecule has 0 bridgehead atoms. The van der Waals surface area contributed by atoms with Crippen molar-refractivity contribution in [2.75, 3.05) is 12.4 Å². The molecule has 1 heterocycles. The number of nitrogens with one attached hydrogen (secondary N) is 1. The van der Waals surface area contributed by atoms with Crippen LogP contribution in [0, 0.1) is 5.92 Å². The first-order chi connectivity index (χ1) is 12.0. The lowest BCUT2D eigenvalue weighted by molar-refractivity contribution is -0.138. The maximum atomic E-state index is 13.5. The molecule has 5 heteroatoms. The molecule has 2 nitrogen and oxygen atoms in total. The second-order valence-electron chi connectivity index (χ2n) is 6.51.